The molecule has 1 unspecified atom stereocenters. The van der Waals surface area contributed by atoms with Crippen LogP contribution in [0.5, 0.6) is 0 Å². The predicted octanol–water partition coefficient (Wildman–Crippen LogP) is 1.45. The molecule has 0 spiro atoms. The number of rotatable bonds is 6. The molecule has 1 fully saturated rings. The van der Waals surface area contributed by atoms with Gasteiger partial charge in [-0.15, -0.1) is 0 Å². The maximum absolute atomic E-state index is 12.4. The van der Waals surface area contributed by atoms with Gasteiger partial charge in [-0.05, 0) is 50.5 Å². The van der Waals surface area contributed by atoms with Gasteiger partial charge in [-0.1, -0.05) is 6.92 Å². The number of benzene rings is 1. The Balaban J connectivity index is 2.17. The van der Waals surface area contributed by atoms with Gasteiger partial charge in [0.1, 0.15) is 6.04 Å². The van der Waals surface area contributed by atoms with E-state index in [-0.39, 0.29) is 16.5 Å². The summed E-state index contributed by atoms with van der Waals surface area (Å²) in [6.45, 7) is 4.05. The molecular weight excluding hydrogens is 332 g/mol. The maximum Gasteiger partial charge on any atom is 0.326 e. The van der Waals surface area contributed by atoms with Gasteiger partial charge in [0.05, 0.1) is 4.90 Å². The third-order valence-corrected chi connectivity index (χ3v) is 5.78. The van der Waals surface area contributed by atoms with Crippen LogP contribution in [0.15, 0.2) is 29.2 Å². The molecule has 0 bridgehead atoms. The van der Waals surface area contributed by atoms with Crippen LogP contribution in [0.25, 0.3) is 0 Å². The summed E-state index contributed by atoms with van der Waals surface area (Å²) in [6, 6.07) is 4.58. The van der Waals surface area contributed by atoms with Crippen molar-refractivity contribution in [1.29, 1.82) is 0 Å². The SMILES string of the molecule is CCC(C)NS(=O)(=O)c1ccc(C(=O)N2CCC[C@H]2C(=O)O)cc1. The van der Waals surface area contributed by atoms with Gasteiger partial charge in [-0.2, -0.15) is 0 Å². The van der Waals surface area contributed by atoms with Crippen molar-refractivity contribution in [3.63, 3.8) is 0 Å². The molecule has 1 saturated heterocycles. The summed E-state index contributed by atoms with van der Waals surface area (Å²) in [7, 11) is -3.63. The molecule has 1 heterocycles. The minimum atomic E-state index is -3.63. The van der Waals surface area contributed by atoms with E-state index in [1.807, 2.05) is 6.92 Å². The number of aliphatic carboxylic acids is 1. The first-order chi connectivity index (χ1) is 11.3. The molecule has 0 radical (unpaired) electrons. The fourth-order valence-corrected chi connectivity index (χ4v) is 3.95. The Hall–Kier alpha value is -1.93. The van der Waals surface area contributed by atoms with Crippen molar-refractivity contribution >= 4 is 21.9 Å². The van der Waals surface area contributed by atoms with Crippen LogP contribution in [0.3, 0.4) is 0 Å². The second kappa shape index (κ2) is 7.31. The molecule has 7 nitrogen and oxygen atoms in total. The van der Waals surface area contributed by atoms with E-state index in [1.54, 1.807) is 6.92 Å². The fraction of sp³-hybridized carbons (Fsp3) is 0.500. The normalized spacial score (nSPS) is 19.2. The molecule has 2 N–H and O–H groups in total. The second-order valence-electron chi connectivity index (χ2n) is 5.95. The number of carbonyl (C=O) groups is 2. The van der Waals surface area contributed by atoms with Gasteiger partial charge >= 0.3 is 5.97 Å². The van der Waals surface area contributed by atoms with Crippen molar-refractivity contribution in [1.82, 2.24) is 9.62 Å². The van der Waals surface area contributed by atoms with Crippen molar-refractivity contribution < 1.29 is 23.1 Å². The van der Waals surface area contributed by atoms with Crippen molar-refractivity contribution in [3.05, 3.63) is 29.8 Å². The number of hydrogen-bond acceptors (Lipinski definition) is 4. The Labute approximate surface area is 141 Å². The number of carboxylic acids is 1. The minimum absolute atomic E-state index is 0.0792. The van der Waals surface area contributed by atoms with Gasteiger partial charge in [0.2, 0.25) is 10.0 Å². The summed E-state index contributed by atoms with van der Waals surface area (Å²) >= 11 is 0. The van der Waals surface area contributed by atoms with E-state index in [0.717, 1.165) is 0 Å². The van der Waals surface area contributed by atoms with Crippen LogP contribution in [0.4, 0.5) is 0 Å². The van der Waals surface area contributed by atoms with Crippen LogP contribution in [-0.4, -0.2) is 48.9 Å². The molecule has 1 aromatic rings. The Morgan fingerprint density at radius 3 is 2.50 bits per heavy atom. The monoisotopic (exact) mass is 354 g/mol. The van der Waals surface area contributed by atoms with Gasteiger partial charge in [0.15, 0.2) is 0 Å². The molecule has 1 aliphatic heterocycles. The molecule has 0 saturated carbocycles. The van der Waals surface area contributed by atoms with Crippen molar-refractivity contribution in [2.24, 2.45) is 0 Å². The maximum atomic E-state index is 12.4. The van der Waals surface area contributed by atoms with E-state index in [4.69, 9.17) is 5.11 Å². The molecule has 24 heavy (non-hydrogen) atoms. The molecule has 2 atom stereocenters. The number of amides is 1. The van der Waals surface area contributed by atoms with Gasteiger partial charge in [0.25, 0.3) is 5.91 Å². The summed E-state index contributed by atoms with van der Waals surface area (Å²) in [4.78, 5) is 25.0. The average Bonchev–Trinajstić information content (AvgIpc) is 3.03. The van der Waals surface area contributed by atoms with Crippen LogP contribution < -0.4 is 4.72 Å². The molecule has 1 aromatic carbocycles. The summed E-state index contributed by atoms with van der Waals surface area (Å²) in [5, 5.41) is 9.16. The minimum Gasteiger partial charge on any atom is -0.480 e. The lowest BCUT2D eigenvalue weighted by Crippen LogP contribution is -2.40. The zero-order valence-electron chi connectivity index (χ0n) is 13.7. The van der Waals surface area contributed by atoms with E-state index in [1.165, 1.54) is 29.2 Å². The molecule has 8 heteroatoms. The largest absolute Gasteiger partial charge is 0.480 e. The first-order valence-corrected chi connectivity index (χ1v) is 9.40. The highest BCUT2D eigenvalue weighted by Crippen LogP contribution is 2.21. The predicted molar refractivity (Wildman–Crippen MR) is 88.2 cm³/mol. The Kier molecular flexibility index (Phi) is 5.61. The molecule has 1 aliphatic rings. The number of hydrogen-bond donors (Lipinski definition) is 2. The molecule has 0 aromatic heterocycles. The van der Waals surface area contributed by atoms with Crippen molar-refractivity contribution in [2.45, 2.75) is 50.1 Å². The van der Waals surface area contributed by atoms with E-state index in [9.17, 15) is 18.0 Å². The Morgan fingerprint density at radius 2 is 1.96 bits per heavy atom. The highest BCUT2D eigenvalue weighted by molar-refractivity contribution is 7.89. The molecule has 2 rings (SSSR count). The van der Waals surface area contributed by atoms with E-state index in [2.05, 4.69) is 4.72 Å². The lowest BCUT2D eigenvalue weighted by molar-refractivity contribution is -0.141. The zero-order chi connectivity index (χ0) is 17.9. The lowest BCUT2D eigenvalue weighted by atomic mass is 10.1. The highest BCUT2D eigenvalue weighted by atomic mass is 32.2. The zero-order valence-corrected chi connectivity index (χ0v) is 14.5. The number of nitrogens with one attached hydrogen (secondary N) is 1. The number of carboxylic acid groups (broad SMARTS) is 1. The van der Waals surface area contributed by atoms with Gasteiger partial charge in [-0.3, -0.25) is 4.79 Å². The first-order valence-electron chi connectivity index (χ1n) is 7.92. The topological polar surface area (TPSA) is 104 Å². The average molecular weight is 354 g/mol. The molecule has 1 amide bonds. The number of likely N-dealkylation sites (tertiary alicyclic amines) is 1. The van der Waals surface area contributed by atoms with Crippen LogP contribution in [-0.2, 0) is 14.8 Å². The summed E-state index contributed by atoms with van der Waals surface area (Å²) < 4.78 is 26.9. The highest BCUT2D eigenvalue weighted by Gasteiger charge is 2.34. The second-order valence-corrected chi connectivity index (χ2v) is 7.66. The fourth-order valence-electron chi connectivity index (χ4n) is 2.63. The number of carbonyl (C=O) groups excluding carboxylic acids is 1. The third-order valence-electron chi connectivity index (χ3n) is 4.18. The van der Waals surface area contributed by atoms with Gasteiger partial charge in [-0.25, -0.2) is 17.9 Å². The molecule has 0 aliphatic carbocycles. The summed E-state index contributed by atoms with van der Waals surface area (Å²) in [6.07, 6.45) is 1.75. The number of sulfonamides is 1. The van der Waals surface area contributed by atoms with E-state index >= 15 is 0 Å². The van der Waals surface area contributed by atoms with Crippen LogP contribution in [0.1, 0.15) is 43.5 Å². The molecule has 132 valence electrons. The van der Waals surface area contributed by atoms with E-state index in [0.29, 0.717) is 25.8 Å². The number of nitrogens with zero attached hydrogens (tertiary/aromatic N) is 1. The quantitative estimate of drug-likeness (QED) is 0.805. The van der Waals surface area contributed by atoms with Crippen molar-refractivity contribution in [3.8, 4) is 0 Å². The standard InChI is InChI=1S/C16H22N2O5S/c1-3-11(2)17-24(22,23)13-8-6-12(7-9-13)15(19)18-10-4-5-14(18)16(20)21/h6-9,11,14,17H,3-5,10H2,1-2H3,(H,20,21)/t11?,14-/m0/s1. The third kappa shape index (κ3) is 3.93. The Bertz CT molecular complexity index is 714. The van der Waals surface area contributed by atoms with Gasteiger partial charge in [0, 0.05) is 18.2 Å². The lowest BCUT2D eigenvalue weighted by Gasteiger charge is -2.21. The Morgan fingerprint density at radius 1 is 1.33 bits per heavy atom. The van der Waals surface area contributed by atoms with Crippen LogP contribution >= 0.6 is 0 Å². The molecular formula is C16H22N2O5S. The van der Waals surface area contributed by atoms with Crippen molar-refractivity contribution in [2.75, 3.05) is 6.54 Å². The summed E-state index contributed by atoms with van der Waals surface area (Å²) in [5.41, 5.74) is 0.283. The summed E-state index contributed by atoms with van der Waals surface area (Å²) in [5.74, 6) is -1.41. The smallest absolute Gasteiger partial charge is 0.326 e. The first kappa shape index (κ1) is 18.4. The van der Waals surface area contributed by atoms with Crippen LogP contribution in [0, 0.1) is 0 Å². The van der Waals surface area contributed by atoms with Crippen LogP contribution in [0.2, 0.25) is 0 Å². The van der Waals surface area contributed by atoms with E-state index < -0.39 is 27.9 Å². The van der Waals surface area contributed by atoms with Gasteiger partial charge < -0.3 is 10.0 Å².